The zero-order chi connectivity index (χ0) is 12.7. The minimum Gasteiger partial charge on any atom is -0.508 e. The smallest absolute Gasteiger partial charge is 0.139 e. The highest BCUT2D eigenvalue weighted by molar-refractivity contribution is 9.10. The number of H-pyrrole nitrogens is 1. The van der Waals surface area contributed by atoms with Gasteiger partial charge in [-0.15, -0.1) is 0 Å². The maximum atomic E-state index is 9.43. The van der Waals surface area contributed by atoms with Crippen LogP contribution >= 0.6 is 27.5 Å². The first-order valence-electron chi connectivity index (χ1n) is 5.27. The van der Waals surface area contributed by atoms with E-state index >= 15 is 0 Å². The van der Waals surface area contributed by atoms with Gasteiger partial charge in [0.25, 0.3) is 0 Å². The number of aromatic hydroxyl groups is 1. The third-order valence-corrected chi connectivity index (χ3v) is 3.58. The molecule has 0 radical (unpaired) electrons. The predicted molar refractivity (Wildman–Crippen MR) is 75.9 cm³/mol. The number of phenolic OH excluding ortho intramolecular Hbond substituents is 1. The summed E-state index contributed by atoms with van der Waals surface area (Å²) >= 11 is 9.46. The van der Waals surface area contributed by atoms with Crippen LogP contribution in [0.1, 0.15) is 0 Å². The molecule has 90 valence electrons. The van der Waals surface area contributed by atoms with Gasteiger partial charge < -0.3 is 10.1 Å². The number of fused-ring (bicyclic) bond motifs is 1. The van der Waals surface area contributed by atoms with E-state index in [1.807, 2.05) is 18.2 Å². The third kappa shape index (κ3) is 1.98. The van der Waals surface area contributed by atoms with Crippen molar-refractivity contribution in [3.8, 4) is 17.1 Å². The van der Waals surface area contributed by atoms with Crippen molar-refractivity contribution in [2.24, 2.45) is 0 Å². The Hall–Kier alpha value is -1.52. The van der Waals surface area contributed by atoms with Gasteiger partial charge in [0, 0.05) is 21.1 Å². The molecule has 0 aliphatic heterocycles. The fourth-order valence-electron chi connectivity index (χ4n) is 1.80. The van der Waals surface area contributed by atoms with Crippen molar-refractivity contribution in [1.82, 2.24) is 9.97 Å². The molecule has 0 spiro atoms. The van der Waals surface area contributed by atoms with Gasteiger partial charge >= 0.3 is 0 Å². The molecule has 0 amide bonds. The van der Waals surface area contributed by atoms with Gasteiger partial charge in [0.2, 0.25) is 0 Å². The first-order chi connectivity index (χ1) is 8.63. The number of halogens is 2. The number of aromatic nitrogens is 2. The molecule has 3 rings (SSSR count). The standard InChI is InChI=1S/C13H8BrClN2O/c14-10-3-1-7(15)5-9(10)13-16-11-4-2-8(18)6-12(11)17-13/h1-6,18H,(H,16,17). The fraction of sp³-hybridized carbons (Fsp3) is 0. The van der Waals surface area contributed by atoms with Crippen molar-refractivity contribution in [3.63, 3.8) is 0 Å². The Kier molecular flexibility index (Phi) is 2.76. The Morgan fingerprint density at radius 3 is 2.83 bits per heavy atom. The van der Waals surface area contributed by atoms with Gasteiger partial charge in [-0.25, -0.2) is 4.98 Å². The van der Waals surface area contributed by atoms with Crippen molar-refractivity contribution in [3.05, 3.63) is 45.9 Å². The van der Waals surface area contributed by atoms with Crippen molar-refractivity contribution >= 4 is 38.6 Å². The molecular formula is C13H8BrClN2O. The summed E-state index contributed by atoms with van der Waals surface area (Å²) in [5.41, 5.74) is 2.48. The number of nitrogens with one attached hydrogen (secondary N) is 1. The summed E-state index contributed by atoms with van der Waals surface area (Å²) in [6.45, 7) is 0. The van der Waals surface area contributed by atoms with Gasteiger partial charge in [-0.05, 0) is 30.3 Å². The van der Waals surface area contributed by atoms with Gasteiger partial charge in [-0.2, -0.15) is 0 Å². The molecule has 0 atom stereocenters. The fourth-order valence-corrected chi connectivity index (χ4v) is 2.41. The highest BCUT2D eigenvalue weighted by Crippen LogP contribution is 2.30. The van der Waals surface area contributed by atoms with Crippen molar-refractivity contribution in [1.29, 1.82) is 0 Å². The van der Waals surface area contributed by atoms with Crippen LogP contribution in [0.3, 0.4) is 0 Å². The van der Waals surface area contributed by atoms with E-state index in [1.54, 1.807) is 18.2 Å². The molecule has 0 unspecified atom stereocenters. The number of aromatic amines is 1. The molecule has 2 N–H and O–H groups in total. The largest absolute Gasteiger partial charge is 0.508 e. The van der Waals surface area contributed by atoms with Crippen molar-refractivity contribution < 1.29 is 5.11 Å². The second-order valence-electron chi connectivity index (χ2n) is 3.91. The minimum atomic E-state index is 0.211. The molecule has 0 bridgehead atoms. The van der Waals surface area contributed by atoms with Crippen LogP contribution in [0.5, 0.6) is 5.75 Å². The molecule has 3 nitrogen and oxygen atoms in total. The van der Waals surface area contributed by atoms with Crippen LogP contribution in [0, 0.1) is 0 Å². The van der Waals surface area contributed by atoms with E-state index < -0.39 is 0 Å². The number of hydrogen-bond acceptors (Lipinski definition) is 2. The Bertz CT molecular complexity index is 739. The van der Waals surface area contributed by atoms with Crippen LogP contribution in [0.15, 0.2) is 40.9 Å². The monoisotopic (exact) mass is 322 g/mol. The van der Waals surface area contributed by atoms with Gasteiger partial charge in [0.1, 0.15) is 11.6 Å². The summed E-state index contributed by atoms with van der Waals surface area (Å²) < 4.78 is 0.912. The highest BCUT2D eigenvalue weighted by atomic mass is 79.9. The van der Waals surface area contributed by atoms with Gasteiger partial charge in [-0.3, -0.25) is 0 Å². The lowest BCUT2D eigenvalue weighted by molar-refractivity contribution is 0.476. The van der Waals surface area contributed by atoms with E-state index in [0.717, 1.165) is 21.1 Å². The maximum absolute atomic E-state index is 9.43. The van der Waals surface area contributed by atoms with E-state index in [0.29, 0.717) is 10.8 Å². The summed E-state index contributed by atoms with van der Waals surface area (Å²) in [6, 6.07) is 10.5. The topological polar surface area (TPSA) is 48.9 Å². The second kappa shape index (κ2) is 4.30. The first kappa shape index (κ1) is 11.6. The van der Waals surface area contributed by atoms with Gasteiger partial charge in [0.15, 0.2) is 0 Å². The van der Waals surface area contributed by atoms with E-state index in [1.165, 1.54) is 0 Å². The van der Waals surface area contributed by atoms with Crippen LogP contribution in [0.4, 0.5) is 0 Å². The van der Waals surface area contributed by atoms with Crippen LogP contribution in [-0.4, -0.2) is 15.1 Å². The van der Waals surface area contributed by atoms with Crippen molar-refractivity contribution in [2.45, 2.75) is 0 Å². The first-order valence-corrected chi connectivity index (χ1v) is 6.45. The minimum absolute atomic E-state index is 0.211. The molecule has 0 aliphatic carbocycles. The van der Waals surface area contributed by atoms with Crippen LogP contribution in [0.25, 0.3) is 22.4 Å². The number of imidazole rings is 1. The average Bonchev–Trinajstić information content (AvgIpc) is 2.74. The Morgan fingerprint density at radius 1 is 1.17 bits per heavy atom. The third-order valence-electron chi connectivity index (χ3n) is 2.65. The molecule has 0 saturated heterocycles. The van der Waals surface area contributed by atoms with E-state index in [-0.39, 0.29) is 5.75 Å². The zero-order valence-electron chi connectivity index (χ0n) is 9.11. The average molecular weight is 324 g/mol. The number of rotatable bonds is 1. The number of hydrogen-bond donors (Lipinski definition) is 2. The summed E-state index contributed by atoms with van der Waals surface area (Å²) in [5.74, 6) is 0.924. The Balaban J connectivity index is 2.22. The quantitative estimate of drug-likeness (QED) is 0.699. The lowest BCUT2D eigenvalue weighted by Crippen LogP contribution is -1.82. The van der Waals surface area contributed by atoms with Gasteiger partial charge in [0.05, 0.1) is 11.0 Å². The molecule has 0 aliphatic rings. The zero-order valence-corrected chi connectivity index (χ0v) is 11.5. The van der Waals surface area contributed by atoms with E-state index in [9.17, 15) is 5.11 Å². The summed E-state index contributed by atoms with van der Waals surface area (Å²) in [6.07, 6.45) is 0. The predicted octanol–water partition coefficient (Wildman–Crippen LogP) is 4.35. The van der Waals surface area contributed by atoms with Gasteiger partial charge in [-0.1, -0.05) is 27.5 Å². The molecule has 0 saturated carbocycles. The normalized spacial score (nSPS) is 11.0. The molecule has 0 fully saturated rings. The SMILES string of the molecule is Oc1ccc2nc(-c3cc(Cl)ccc3Br)[nH]c2c1. The van der Waals surface area contributed by atoms with Crippen LogP contribution in [0.2, 0.25) is 5.02 Å². The Labute approximate surface area is 117 Å². The molecule has 2 aromatic carbocycles. The summed E-state index contributed by atoms with van der Waals surface area (Å²) in [5, 5.41) is 10.1. The molecule has 5 heteroatoms. The molecule has 18 heavy (non-hydrogen) atoms. The van der Waals surface area contributed by atoms with Crippen LogP contribution < -0.4 is 0 Å². The number of nitrogens with zero attached hydrogens (tertiary/aromatic N) is 1. The molecule has 1 aromatic heterocycles. The summed E-state index contributed by atoms with van der Waals surface area (Å²) in [4.78, 5) is 7.63. The number of benzene rings is 2. The highest BCUT2D eigenvalue weighted by Gasteiger charge is 2.09. The second-order valence-corrected chi connectivity index (χ2v) is 5.20. The molecule has 3 aromatic rings. The number of phenols is 1. The van der Waals surface area contributed by atoms with E-state index in [2.05, 4.69) is 25.9 Å². The van der Waals surface area contributed by atoms with E-state index in [4.69, 9.17) is 11.6 Å². The molecular weight excluding hydrogens is 316 g/mol. The molecule has 1 heterocycles. The summed E-state index contributed by atoms with van der Waals surface area (Å²) in [7, 11) is 0. The maximum Gasteiger partial charge on any atom is 0.139 e. The lowest BCUT2D eigenvalue weighted by atomic mass is 10.2. The lowest BCUT2D eigenvalue weighted by Gasteiger charge is -2.00. The van der Waals surface area contributed by atoms with Crippen molar-refractivity contribution in [2.75, 3.05) is 0 Å². The van der Waals surface area contributed by atoms with Crippen LogP contribution in [-0.2, 0) is 0 Å². The Morgan fingerprint density at radius 2 is 2.00 bits per heavy atom.